The zero-order valence-electron chi connectivity index (χ0n) is 15.9. The Morgan fingerprint density at radius 2 is 1.44 bits per heavy atom. The number of aromatic hydroxyl groups is 1. The van der Waals surface area contributed by atoms with Crippen molar-refractivity contribution in [3.05, 3.63) is 64.2 Å². The van der Waals surface area contributed by atoms with Crippen LogP contribution in [0.1, 0.15) is 74.6 Å². The molecule has 0 aromatic heterocycles. The van der Waals surface area contributed by atoms with Gasteiger partial charge in [-0.25, -0.2) is 0 Å². The number of hydrogen-bond acceptors (Lipinski definition) is 3. The van der Waals surface area contributed by atoms with Crippen molar-refractivity contribution in [2.24, 2.45) is 0 Å². The van der Waals surface area contributed by atoms with E-state index in [-0.39, 0.29) is 16.1 Å². The second-order valence-electron chi connectivity index (χ2n) is 8.57. The first kappa shape index (κ1) is 19.4. The number of phenols is 1. The molecule has 3 heteroatoms. The van der Waals surface area contributed by atoms with Crippen molar-refractivity contribution < 1.29 is 5.11 Å². The Labute approximate surface area is 156 Å². The summed E-state index contributed by atoms with van der Waals surface area (Å²) in [5, 5.41) is 20.0. The van der Waals surface area contributed by atoms with Gasteiger partial charge in [-0.1, -0.05) is 71.9 Å². The number of nitriles is 1. The molecule has 1 N–H and O–H groups in total. The van der Waals surface area contributed by atoms with Gasteiger partial charge in [0.1, 0.15) is 5.75 Å². The quantitative estimate of drug-likeness (QED) is 0.662. The van der Waals surface area contributed by atoms with Gasteiger partial charge < -0.3 is 5.11 Å². The monoisotopic (exact) mass is 353 g/mol. The van der Waals surface area contributed by atoms with Gasteiger partial charge in [-0.05, 0) is 39.2 Å². The van der Waals surface area contributed by atoms with E-state index in [0.29, 0.717) is 11.3 Å². The van der Waals surface area contributed by atoms with Crippen LogP contribution in [0.3, 0.4) is 0 Å². The summed E-state index contributed by atoms with van der Waals surface area (Å²) in [5.74, 6) is 0.359. The van der Waals surface area contributed by atoms with Gasteiger partial charge in [0.05, 0.1) is 16.9 Å². The van der Waals surface area contributed by atoms with Gasteiger partial charge in [-0.15, -0.1) is 0 Å². The van der Waals surface area contributed by atoms with E-state index in [1.165, 1.54) is 0 Å². The van der Waals surface area contributed by atoms with Crippen LogP contribution in [0.2, 0.25) is 0 Å². The average molecular weight is 354 g/mol. The lowest BCUT2D eigenvalue weighted by molar-refractivity contribution is 0.423. The third-order valence-corrected chi connectivity index (χ3v) is 5.02. The molecule has 0 aliphatic heterocycles. The highest BCUT2D eigenvalue weighted by Gasteiger charge is 2.28. The Morgan fingerprint density at radius 1 is 0.960 bits per heavy atom. The highest BCUT2D eigenvalue weighted by molar-refractivity contribution is 7.80. The van der Waals surface area contributed by atoms with E-state index in [0.717, 1.165) is 22.3 Å². The Hall–Kier alpha value is -1.92. The van der Waals surface area contributed by atoms with E-state index in [9.17, 15) is 10.4 Å². The largest absolute Gasteiger partial charge is 0.507 e. The number of hydrogen-bond donors (Lipinski definition) is 2. The molecule has 0 fully saturated rings. The maximum absolute atomic E-state index is 10.9. The molecule has 0 amide bonds. The predicted molar refractivity (Wildman–Crippen MR) is 107 cm³/mol. The Bertz CT molecular complexity index is 784. The topological polar surface area (TPSA) is 44.0 Å². The number of thiol groups is 1. The van der Waals surface area contributed by atoms with Crippen molar-refractivity contribution in [2.75, 3.05) is 0 Å². The maximum Gasteiger partial charge on any atom is 0.123 e. The lowest BCUT2D eigenvalue weighted by Crippen LogP contribution is -2.18. The average Bonchev–Trinajstić information content (AvgIpc) is 2.52. The normalized spacial score (nSPS) is 13.4. The van der Waals surface area contributed by atoms with Crippen LogP contribution in [0.4, 0.5) is 0 Å². The summed E-state index contributed by atoms with van der Waals surface area (Å²) in [6, 6.07) is 13.8. The molecule has 2 aromatic rings. The minimum atomic E-state index is -0.223. The molecule has 0 heterocycles. The number of rotatable bonds is 2. The van der Waals surface area contributed by atoms with Gasteiger partial charge in [0.25, 0.3) is 0 Å². The van der Waals surface area contributed by atoms with Gasteiger partial charge >= 0.3 is 0 Å². The fraction of sp³-hybridized carbons (Fsp3) is 0.409. The minimum Gasteiger partial charge on any atom is -0.507 e. The fourth-order valence-corrected chi connectivity index (χ4v) is 3.35. The van der Waals surface area contributed by atoms with E-state index >= 15 is 0 Å². The van der Waals surface area contributed by atoms with Gasteiger partial charge in [0.15, 0.2) is 0 Å². The summed E-state index contributed by atoms with van der Waals surface area (Å²) < 4.78 is 0. The molecular formula is C22H27NOS. The fourth-order valence-electron chi connectivity index (χ4n) is 2.97. The highest BCUT2D eigenvalue weighted by Crippen LogP contribution is 2.43. The summed E-state index contributed by atoms with van der Waals surface area (Å²) in [4.78, 5) is 0. The van der Waals surface area contributed by atoms with Crippen LogP contribution in [0.15, 0.2) is 36.4 Å². The molecule has 1 atom stereocenters. The van der Waals surface area contributed by atoms with Crippen molar-refractivity contribution in [2.45, 2.75) is 57.6 Å². The number of phenolic OH excluding ortho intramolecular Hbond substituents is 1. The molecule has 2 rings (SSSR count). The SMILES string of the molecule is CC(C)(C)c1cc(C(S)c2ccccc2C#N)cc(C(C)(C)C)c1O. The molecule has 0 saturated heterocycles. The van der Waals surface area contributed by atoms with Crippen LogP contribution < -0.4 is 0 Å². The van der Waals surface area contributed by atoms with Gasteiger partial charge in [-0.2, -0.15) is 17.9 Å². The highest BCUT2D eigenvalue weighted by atomic mass is 32.1. The molecular weight excluding hydrogens is 326 g/mol. The van der Waals surface area contributed by atoms with E-state index in [1.807, 2.05) is 36.4 Å². The summed E-state index contributed by atoms with van der Waals surface area (Å²) in [5.41, 5.74) is 3.94. The van der Waals surface area contributed by atoms with Gasteiger partial charge in [0.2, 0.25) is 0 Å². The van der Waals surface area contributed by atoms with E-state index in [2.05, 4.69) is 47.6 Å². The molecule has 0 radical (unpaired) electrons. The number of nitrogens with zero attached hydrogens (tertiary/aromatic N) is 1. The van der Waals surface area contributed by atoms with E-state index in [4.69, 9.17) is 12.6 Å². The van der Waals surface area contributed by atoms with E-state index < -0.39 is 0 Å². The molecule has 2 nitrogen and oxygen atoms in total. The second-order valence-corrected chi connectivity index (χ2v) is 9.08. The Kier molecular flexibility index (Phi) is 5.25. The molecule has 1 unspecified atom stereocenters. The smallest absolute Gasteiger partial charge is 0.123 e. The molecule has 2 aromatic carbocycles. The Balaban J connectivity index is 2.72. The first-order valence-corrected chi connectivity index (χ1v) is 9.03. The van der Waals surface area contributed by atoms with Crippen LogP contribution in [0.25, 0.3) is 0 Å². The third kappa shape index (κ3) is 4.02. The molecule has 0 spiro atoms. The van der Waals surface area contributed by atoms with Crippen LogP contribution >= 0.6 is 12.6 Å². The van der Waals surface area contributed by atoms with Crippen LogP contribution in [-0.2, 0) is 10.8 Å². The molecule has 0 saturated carbocycles. The van der Waals surface area contributed by atoms with Crippen LogP contribution in [0, 0.1) is 11.3 Å². The zero-order chi connectivity index (χ0) is 19.0. The van der Waals surface area contributed by atoms with Crippen molar-refractivity contribution in [1.82, 2.24) is 0 Å². The first-order valence-electron chi connectivity index (χ1n) is 8.51. The van der Waals surface area contributed by atoms with Crippen molar-refractivity contribution in [3.63, 3.8) is 0 Å². The van der Waals surface area contributed by atoms with Crippen molar-refractivity contribution in [1.29, 1.82) is 5.26 Å². The predicted octanol–water partition coefficient (Wildman–Crippen LogP) is 5.88. The van der Waals surface area contributed by atoms with Crippen LogP contribution in [-0.4, -0.2) is 5.11 Å². The standard InChI is InChI=1S/C22H27NOS/c1-21(2,3)17-11-15(12-18(19(17)24)22(4,5)6)20(25)16-10-8-7-9-14(16)13-23/h7-12,20,24-25H,1-6H3. The molecule has 25 heavy (non-hydrogen) atoms. The third-order valence-electron chi connectivity index (χ3n) is 4.44. The van der Waals surface area contributed by atoms with Crippen molar-refractivity contribution in [3.8, 4) is 11.8 Å². The van der Waals surface area contributed by atoms with Crippen LogP contribution in [0.5, 0.6) is 5.75 Å². The maximum atomic E-state index is 10.9. The summed E-state index contributed by atoms with van der Waals surface area (Å²) >= 11 is 4.82. The first-order chi connectivity index (χ1) is 11.5. The lowest BCUT2D eigenvalue weighted by atomic mass is 9.77. The molecule has 132 valence electrons. The molecule has 0 bridgehead atoms. The van der Waals surface area contributed by atoms with E-state index in [1.54, 1.807) is 0 Å². The van der Waals surface area contributed by atoms with Gasteiger partial charge in [-0.3, -0.25) is 0 Å². The van der Waals surface area contributed by atoms with Gasteiger partial charge in [0, 0.05) is 0 Å². The lowest BCUT2D eigenvalue weighted by Gasteiger charge is -2.29. The second kappa shape index (κ2) is 6.77. The zero-order valence-corrected chi connectivity index (χ0v) is 16.8. The van der Waals surface area contributed by atoms with Crippen molar-refractivity contribution >= 4 is 12.6 Å². The molecule has 0 aliphatic carbocycles. The summed E-state index contributed by atoms with van der Waals surface area (Å²) in [6.45, 7) is 12.6. The Morgan fingerprint density at radius 3 is 1.88 bits per heavy atom. The minimum absolute atomic E-state index is 0.192. The number of benzene rings is 2. The molecule has 0 aliphatic rings. The summed E-state index contributed by atoms with van der Waals surface area (Å²) in [6.07, 6.45) is 0. The summed E-state index contributed by atoms with van der Waals surface area (Å²) in [7, 11) is 0.